The van der Waals surface area contributed by atoms with Crippen molar-refractivity contribution in [2.45, 2.75) is 24.4 Å². The van der Waals surface area contributed by atoms with Gasteiger partial charge < -0.3 is 5.32 Å². The monoisotopic (exact) mass is 441 g/mol. The van der Waals surface area contributed by atoms with Gasteiger partial charge in [0.1, 0.15) is 5.54 Å². The first-order chi connectivity index (χ1) is 14.5. The molecule has 3 amide bonds. The molecule has 2 aromatic carbocycles. The number of anilines is 2. The number of carbonyl (C=O) groups is 3. The first kappa shape index (κ1) is 18.4. The Morgan fingerprint density at radius 1 is 1.03 bits per heavy atom. The first-order valence-corrected chi connectivity index (χ1v) is 10.7. The number of hydrogen-bond donors (Lipinski definition) is 1. The van der Waals surface area contributed by atoms with E-state index in [-0.39, 0.29) is 28.6 Å². The number of hydrogen-bond acceptors (Lipinski definition) is 4. The molecular formula is C22H17Cl2N3O3. The smallest absolute Gasteiger partial charge is 0.250 e. The van der Waals surface area contributed by atoms with Gasteiger partial charge in [0, 0.05) is 22.3 Å². The van der Waals surface area contributed by atoms with E-state index in [1.165, 1.54) is 6.07 Å². The molecule has 2 aromatic rings. The number of benzene rings is 2. The molecule has 152 valence electrons. The molecule has 0 aromatic heterocycles. The molecule has 1 N–H and O–H groups in total. The molecule has 4 heterocycles. The lowest BCUT2D eigenvalue weighted by Gasteiger charge is -2.36. The molecule has 3 saturated heterocycles. The average Bonchev–Trinajstić information content (AvgIpc) is 3.42. The summed E-state index contributed by atoms with van der Waals surface area (Å²) >= 11 is 12.5. The number of fused-ring (bicyclic) bond motifs is 7. The molecule has 4 aliphatic rings. The van der Waals surface area contributed by atoms with Crippen LogP contribution in [-0.4, -0.2) is 35.2 Å². The number of imide groups is 1. The molecule has 6 rings (SSSR count). The third-order valence-corrected chi connectivity index (χ3v) is 7.60. The Hall–Kier alpha value is -2.41. The predicted octanol–water partition coefficient (Wildman–Crippen LogP) is 3.42. The summed E-state index contributed by atoms with van der Waals surface area (Å²) in [5, 5.41) is 3.61. The van der Waals surface area contributed by atoms with Crippen LogP contribution in [0.3, 0.4) is 0 Å². The molecule has 0 unspecified atom stereocenters. The van der Waals surface area contributed by atoms with Crippen molar-refractivity contribution < 1.29 is 14.4 Å². The number of amides is 3. The lowest BCUT2D eigenvalue weighted by atomic mass is 9.75. The van der Waals surface area contributed by atoms with E-state index in [1.807, 2.05) is 24.3 Å². The van der Waals surface area contributed by atoms with Gasteiger partial charge >= 0.3 is 0 Å². The highest BCUT2D eigenvalue weighted by Crippen LogP contribution is 2.60. The first-order valence-electron chi connectivity index (χ1n) is 9.97. The summed E-state index contributed by atoms with van der Waals surface area (Å²) < 4.78 is 0. The quantitative estimate of drug-likeness (QED) is 0.688. The average molecular weight is 442 g/mol. The molecule has 8 heteroatoms. The lowest BCUT2D eigenvalue weighted by Crippen LogP contribution is -2.54. The molecule has 4 aliphatic heterocycles. The summed E-state index contributed by atoms with van der Waals surface area (Å²) in [4.78, 5) is 44.1. The summed E-state index contributed by atoms with van der Waals surface area (Å²) in [5.74, 6) is -2.32. The van der Waals surface area contributed by atoms with E-state index in [9.17, 15) is 14.4 Å². The molecular weight excluding hydrogens is 425 g/mol. The molecule has 0 saturated carbocycles. The minimum atomic E-state index is -1.17. The fraction of sp³-hybridized carbons (Fsp3) is 0.318. The Labute approximate surface area is 182 Å². The number of halogens is 2. The second kappa shape index (κ2) is 6.06. The Morgan fingerprint density at radius 3 is 2.67 bits per heavy atom. The van der Waals surface area contributed by atoms with Crippen LogP contribution in [0.4, 0.5) is 11.4 Å². The fourth-order valence-electron chi connectivity index (χ4n) is 6.05. The number of para-hydroxylation sites is 1. The van der Waals surface area contributed by atoms with Gasteiger partial charge in [-0.2, -0.15) is 0 Å². The van der Waals surface area contributed by atoms with E-state index in [1.54, 1.807) is 12.1 Å². The molecule has 0 aliphatic carbocycles. The number of nitrogens with zero attached hydrogens (tertiary/aromatic N) is 2. The SMILES string of the molecule is O=C1[C@H]2[C@@H](C(=O)N1c1cc(Cl)ccc1Cl)[C@]1(C(=O)Nc3ccccc31)N1CCC[C@@H]21. The topological polar surface area (TPSA) is 69.7 Å². The van der Waals surface area contributed by atoms with Gasteiger partial charge in [0.15, 0.2) is 0 Å². The number of nitrogens with one attached hydrogen (secondary N) is 1. The molecule has 3 fully saturated rings. The van der Waals surface area contributed by atoms with Crippen molar-refractivity contribution in [1.82, 2.24) is 4.90 Å². The third-order valence-electron chi connectivity index (χ3n) is 7.05. The van der Waals surface area contributed by atoms with E-state index in [0.29, 0.717) is 17.3 Å². The van der Waals surface area contributed by atoms with Gasteiger partial charge in [-0.15, -0.1) is 0 Å². The third kappa shape index (κ3) is 2.02. The summed E-state index contributed by atoms with van der Waals surface area (Å²) in [6.45, 7) is 0.678. The van der Waals surface area contributed by atoms with Crippen LogP contribution in [-0.2, 0) is 19.9 Å². The fourth-order valence-corrected chi connectivity index (χ4v) is 6.42. The molecule has 4 atom stereocenters. The Balaban J connectivity index is 1.57. The maximum atomic E-state index is 13.8. The van der Waals surface area contributed by atoms with Crippen LogP contribution >= 0.6 is 23.2 Å². The van der Waals surface area contributed by atoms with Crippen LogP contribution in [0.15, 0.2) is 42.5 Å². The Morgan fingerprint density at radius 2 is 1.83 bits per heavy atom. The van der Waals surface area contributed by atoms with Gasteiger partial charge in [-0.05, 0) is 43.7 Å². The Kier molecular flexibility index (Phi) is 3.71. The van der Waals surface area contributed by atoms with Crippen molar-refractivity contribution in [2.24, 2.45) is 11.8 Å². The standard InChI is InChI=1S/C22H17Cl2N3O3/c23-11-7-8-13(24)16(10-11)27-19(28)17-15-6-3-9-26(15)22(18(17)20(27)29)12-4-1-2-5-14(12)25-21(22)30/h1-2,4-5,7-8,10,15,17-18H,3,6,9H2,(H,25,30)/t15-,17+,18-,22+/m0/s1. The molecule has 6 nitrogen and oxygen atoms in total. The molecule has 30 heavy (non-hydrogen) atoms. The molecule has 0 radical (unpaired) electrons. The van der Waals surface area contributed by atoms with Gasteiger partial charge in [0.2, 0.25) is 17.7 Å². The van der Waals surface area contributed by atoms with Crippen LogP contribution in [0.5, 0.6) is 0 Å². The van der Waals surface area contributed by atoms with Crippen molar-refractivity contribution in [3.05, 3.63) is 58.1 Å². The van der Waals surface area contributed by atoms with E-state index in [2.05, 4.69) is 10.2 Å². The normalized spacial score (nSPS) is 32.0. The lowest BCUT2D eigenvalue weighted by molar-refractivity contribution is -0.135. The highest BCUT2D eigenvalue weighted by Gasteiger charge is 2.74. The highest BCUT2D eigenvalue weighted by atomic mass is 35.5. The van der Waals surface area contributed by atoms with Crippen LogP contribution in [0.2, 0.25) is 10.0 Å². The number of rotatable bonds is 1. The highest BCUT2D eigenvalue weighted by molar-refractivity contribution is 6.38. The van der Waals surface area contributed by atoms with Crippen LogP contribution in [0.1, 0.15) is 18.4 Å². The van der Waals surface area contributed by atoms with Crippen molar-refractivity contribution in [3.8, 4) is 0 Å². The van der Waals surface area contributed by atoms with Gasteiger partial charge in [-0.3, -0.25) is 19.3 Å². The van der Waals surface area contributed by atoms with E-state index < -0.39 is 23.3 Å². The van der Waals surface area contributed by atoms with Gasteiger partial charge in [0.25, 0.3) is 0 Å². The maximum Gasteiger partial charge on any atom is 0.250 e. The summed E-state index contributed by atoms with van der Waals surface area (Å²) in [5.41, 5.74) is 0.581. The maximum absolute atomic E-state index is 13.8. The zero-order valence-electron chi connectivity index (χ0n) is 15.8. The van der Waals surface area contributed by atoms with Crippen LogP contribution in [0.25, 0.3) is 0 Å². The van der Waals surface area contributed by atoms with Crippen molar-refractivity contribution in [1.29, 1.82) is 0 Å². The van der Waals surface area contributed by atoms with E-state index in [0.717, 1.165) is 23.3 Å². The Bertz CT molecular complexity index is 1150. The van der Waals surface area contributed by atoms with Crippen molar-refractivity contribution in [2.75, 3.05) is 16.8 Å². The van der Waals surface area contributed by atoms with Crippen LogP contribution < -0.4 is 10.2 Å². The summed E-state index contributed by atoms with van der Waals surface area (Å²) in [7, 11) is 0. The van der Waals surface area contributed by atoms with E-state index in [4.69, 9.17) is 23.2 Å². The van der Waals surface area contributed by atoms with Crippen molar-refractivity contribution >= 4 is 52.3 Å². The summed E-state index contributed by atoms with van der Waals surface area (Å²) in [6.07, 6.45) is 1.65. The minimum absolute atomic E-state index is 0.161. The second-order valence-electron chi connectivity index (χ2n) is 8.28. The number of carbonyl (C=O) groups excluding carboxylic acids is 3. The largest absolute Gasteiger partial charge is 0.324 e. The predicted molar refractivity (Wildman–Crippen MR) is 112 cm³/mol. The molecule has 0 bridgehead atoms. The minimum Gasteiger partial charge on any atom is -0.324 e. The van der Waals surface area contributed by atoms with Crippen molar-refractivity contribution in [3.63, 3.8) is 0 Å². The van der Waals surface area contributed by atoms with Gasteiger partial charge in [-0.25, -0.2) is 4.90 Å². The van der Waals surface area contributed by atoms with Gasteiger partial charge in [0.05, 0.1) is 22.5 Å². The molecule has 1 spiro atoms. The second-order valence-corrected chi connectivity index (χ2v) is 9.12. The summed E-state index contributed by atoms with van der Waals surface area (Å²) in [6, 6.07) is 12.0. The zero-order chi connectivity index (χ0) is 20.8. The van der Waals surface area contributed by atoms with Gasteiger partial charge in [-0.1, -0.05) is 41.4 Å². The zero-order valence-corrected chi connectivity index (χ0v) is 17.3. The van der Waals surface area contributed by atoms with Crippen LogP contribution in [0, 0.1) is 11.8 Å². The van der Waals surface area contributed by atoms with E-state index >= 15 is 0 Å².